The number of hydrogen-bond donors (Lipinski definition) is 0. The fourth-order valence-electron chi connectivity index (χ4n) is 1.66. The van der Waals surface area contributed by atoms with Crippen LogP contribution >= 0.6 is 0 Å². The summed E-state index contributed by atoms with van der Waals surface area (Å²) in [5.41, 5.74) is 1.15. The number of halogens is 3. The van der Waals surface area contributed by atoms with Crippen molar-refractivity contribution < 1.29 is 13.2 Å². The molecule has 0 aliphatic carbocycles. The second kappa shape index (κ2) is 4.01. The summed E-state index contributed by atoms with van der Waals surface area (Å²) < 4.78 is 38.8. The largest absolute Gasteiger partial charge is 0.453 e. The van der Waals surface area contributed by atoms with Crippen molar-refractivity contribution in [1.29, 1.82) is 0 Å². The van der Waals surface area contributed by atoms with Crippen molar-refractivity contribution in [3.05, 3.63) is 42.6 Å². The fourth-order valence-corrected chi connectivity index (χ4v) is 1.66. The highest BCUT2D eigenvalue weighted by Crippen LogP contribution is 2.27. The number of alkyl halides is 3. The summed E-state index contributed by atoms with van der Waals surface area (Å²) in [5.74, 6) is -1.30. The molecule has 8 heteroatoms. The minimum Gasteiger partial charge on any atom is -0.265 e. The van der Waals surface area contributed by atoms with E-state index in [1.54, 1.807) is 30.6 Å². The van der Waals surface area contributed by atoms with Gasteiger partial charge in [-0.25, -0.2) is 4.98 Å². The van der Waals surface area contributed by atoms with Crippen LogP contribution in [0, 0.1) is 0 Å². The summed E-state index contributed by atoms with van der Waals surface area (Å²) in [7, 11) is 0. The maximum Gasteiger partial charge on any atom is 0.453 e. The molecule has 3 aromatic rings. The van der Waals surface area contributed by atoms with Crippen molar-refractivity contribution in [2.45, 2.75) is 6.18 Å². The predicted octanol–water partition coefficient (Wildman–Crippen LogP) is 2.21. The van der Waals surface area contributed by atoms with Crippen molar-refractivity contribution in [1.82, 2.24) is 24.6 Å². The highest BCUT2D eigenvalue weighted by atomic mass is 19.4. The zero-order valence-electron chi connectivity index (χ0n) is 9.33. The average Bonchev–Trinajstić information content (AvgIpc) is 2.83. The van der Waals surface area contributed by atoms with Crippen LogP contribution in [0.15, 0.2) is 36.8 Å². The molecule has 0 saturated carbocycles. The van der Waals surface area contributed by atoms with Gasteiger partial charge in [0, 0.05) is 24.2 Å². The van der Waals surface area contributed by atoms with Gasteiger partial charge in [-0.05, 0) is 18.2 Å². The van der Waals surface area contributed by atoms with Crippen LogP contribution in [0.5, 0.6) is 0 Å². The van der Waals surface area contributed by atoms with E-state index in [2.05, 4.69) is 20.1 Å². The molecular formula is C11H6F3N5. The Labute approximate surface area is 104 Å². The van der Waals surface area contributed by atoms with Gasteiger partial charge in [-0.2, -0.15) is 22.7 Å². The molecule has 0 aliphatic heterocycles. The molecule has 0 atom stereocenters. The van der Waals surface area contributed by atoms with Crippen LogP contribution in [0.1, 0.15) is 5.82 Å². The lowest BCUT2D eigenvalue weighted by Crippen LogP contribution is -2.07. The molecule has 0 unspecified atom stereocenters. The lowest BCUT2D eigenvalue weighted by molar-refractivity contribution is -0.144. The molecule has 0 N–H and O–H groups in total. The Morgan fingerprint density at radius 1 is 1.00 bits per heavy atom. The first-order chi connectivity index (χ1) is 9.05. The molecule has 3 heterocycles. The second-order valence-electron chi connectivity index (χ2n) is 3.71. The Morgan fingerprint density at radius 3 is 2.42 bits per heavy atom. The Morgan fingerprint density at radius 2 is 1.74 bits per heavy atom. The second-order valence-corrected chi connectivity index (χ2v) is 3.71. The summed E-state index contributed by atoms with van der Waals surface area (Å²) in [4.78, 5) is 11.0. The quantitative estimate of drug-likeness (QED) is 0.677. The van der Waals surface area contributed by atoms with Crippen LogP contribution < -0.4 is 0 Å². The normalized spacial score (nSPS) is 11.9. The Kier molecular flexibility index (Phi) is 2.44. The Balaban J connectivity index is 2.24. The highest BCUT2D eigenvalue weighted by Gasteiger charge is 2.36. The molecule has 19 heavy (non-hydrogen) atoms. The maximum atomic E-state index is 12.6. The first-order valence-corrected chi connectivity index (χ1v) is 5.25. The maximum absolute atomic E-state index is 12.6. The minimum atomic E-state index is -4.59. The highest BCUT2D eigenvalue weighted by molar-refractivity contribution is 5.60. The molecule has 5 nitrogen and oxygen atoms in total. The molecule has 0 fully saturated rings. The zero-order chi connectivity index (χ0) is 13.5. The monoisotopic (exact) mass is 265 g/mol. The van der Waals surface area contributed by atoms with Gasteiger partial charge in [0.05, 0.1) is 5.69 Å². The van der Waals surface area contributed by atoms with Gasteiger partial charge >= 0.3 is 6.18 Å². The van der Waals surface area contributed by atoms with Crippen molar-refractivity contribution >= 4 is 5.78 Å². The molecule has 0 aliphatic rings. The number of rotatable bonds is 1. The van der Waals surface area contributed by atoms with Crippen LogP contribution in [0.4, 0.5) is 13.2 Å². The molecule has 0 spiro atoms. The number of hydrogen-bond acceptors (Lipinski definition) is 4. The summed E-state index contributed by atoms with van der Waals surface area (Å²) in [6.07, 6.45) is -0.116. The fraction of sp³-hybridized carbons (Fsp3) is 0.0909. The van der Waals surface area contributed by atoms with Crippen LogP contribution in [-0.4, -0.2) is 24.6 Å². The third-order valence-electron chi connectivity index (χ3n) is 2.47. The van der Waals surface area contributed by atoms with Gasteiger partial charge in [-0.3, -0.25) is 4.98 Å². The van der Waals surface area contributed by atoms with E-state index in [1.807, 2.05) is 0 Å². The molecular weight excluding hydrogens is 259 g/mol. The van der Waals surface area contributed by atoms with Gasteiger partial charge in [0.25, 0.3) is 11.6 Å². The molecule has 0 amide bonds. The van der Waals surface area contributed by atoms with Crippen molar-refractivity contribution in [2.75, 3.05) is 0 Å². The van der Waals surface area contributed by atoms with Gasteiger partial charge in [0.2, 0.25) is 0 Å². The molecule has 96 valence electrons. The number of aromatic nitrogens is 5. The molecule has 3 rings (SSSR count). The number of nitrogens with zero attached hydrogens (tertiary/aromatic N) is 5. The van der Waals surface area contributed by atoms with Crippen molar-refractivity contribution in [3.8, 4) is 11.3 Å². The first kappa shape index (κ1) is 11.6. The number of fused-ring (bicyclic) bond motifs is 1. The zero-order valence-corrected chi connectivity index (χ0v) is 9.33. The minimum absolute atomic E-state index is 0.0957. The van der Waals surface area contributed by atoms with E-state index in [9.17, 15) is 13.2 Å². The number of pyridine rings is 1. The van der Waals surface area contributed by atoms with Crippen molar-refractivity contribution in [2.24, 2.45) is 0 Å². The van der Waals surface area contributed by atoms with Gasteiger partial charge in [0.1, 0.15) is 0 Å². The summed E-state index contributed by atoms with van der Waals surface area (Å²) in [5, 5.41) is 3.46. The van der Waals surface area contributed by atoms with Gasteiger partial charge in [-0.1, -0.05) is 0 Å². The summed E-state index contributed by atoms with van der Waals surface area (Å²) in [6.45, 7) is 0. The van der Waals surface area contributed by atoms with E-state index in [0.717, 1.165) is 4.52 Å². The van der Waals surface area contributed by atoms with Gasteiger partial charge in [0.15, 0.2) is 0 Å². The van der Waals surface area contributed by atoms with Gasteiger partial charge in [-0.15, -0.1) is 5.10 Å². The van der Waals surface area contributed by atoms with Crippen LogP contribution in [0.2, 0.25) is 0 Å². The van der Waals surface area contributed by atoms with E-state index in [0.29, 0.717) is 11.3 Å². The molecule has 0 bridgehead atoms. The SMILES string of the molecule is FC(F)(F)c1nc2nccc(-c3ccncc3)n2n1. The average molecular weight is 265 g/mol. The third kappa shape index (κ3) is 2.01. The first-order valence-electron chi connectivity index (χ1n) is 5.25. The van der Waals surface area contributed by atoms with Crippen LogP contribution in [0.25, 0.3) is 17.0 Å². The summed E-state index contributed by atoms with van der Waals surface area (Å²) in [6, 6.07) is 4.91. The molecule has 0 aromatic carbocycles. The van der Waals surface area contributed by atoms with Gasteiger partial charge < -0.3 is 0 Å². The van der Waals surface area contributed by atoms with Crippen LogP contribution in [0.3, 0.4) is 0 Å². The standard InChI is InChI=1S/C11H6F3N5/c12-11(13,14)9-17-10-16-6-3-8(19(10)18-9)7-1-4-15-5-2-7/h1-6H. The Bertz CT molecular complexity index is 720. The predicted molar refractivity (Wildman–Crippen MR) is 59.0 cm³/mol. The van der Waals surface area contributed by atoms with E-state index in [-0.39, 0.29) is 5.78 Å². The van der Waals surface area contributed by atoms with E-state index in [4.69, 9.17) is 0 Å². The molecule has 0 saturated heterocycles. The van der Waals surface area contributed by atoms with E-state index < -0.39 is 12.0 Å². The van der Waals surface area contributed by atoms with Crippen LogP contribution in [-0.2, 0) is 6.18 Å². The van der Waals surface area contributed by atoms with E-state index >= 15 is 0 Å². The van der Waals surface area contributed by atoms with Crippen molar-refractivity contribution in [3.63, 3.8) is 0 Å². The smallest absolute Gasteiger partial charge is 0.265 e. The lowest BCUT2D eigenvalue weighted by Gasteiger charge is -2.02. The lowest BCUT2D eigenvalue weighted by atomic mass is 10.2. The third-order valence-corrected chi connectivity index (χ3v) is 2.47. The topological polar surface area (TPSA) is 56.0 Å². The molecule has 3 aromatic heterocycles. The summed E-state index contributed by atoms with van der Waals surface area (Å²) >= 11 is 0. The molecule has 0 radical (unpaired) electrons. The Hall–Kier alpha value is -2.51. The van der Waals surface area contributed by atoms with E-state index in [1.165, 1.54) is 6.20 Å².